The molecule has 90 valence electrons. The molecule has 0 amide bonds. The van der Waals surface area contributed by atoms with Gasteiger partial charge in [0.15, 0.2) is 0 Å². The molecular weight excluding hydrogens is 206 g/mol. The lowest BCUT2D eigenvalue weighted by molar-refractivity contribution is 0.250. The minimum absolute atomic E-state index is 0.683. The Balaban J connectivity index is 3.95. The van der Waals surface area contributed by atoms with Gasteiger partial charge in [-0.3, -0.25) is 4.99 Å². The van der Waals surface area contributed by atoms with Crippen LogP contribution in [0.25, 0.3) is 0 Å². The molecule has 0 heterocycles. The van der Waals surface area contributed by atoms with E-state index in [1.807, 2.05) is 0 Å². The Kier molecular flexibility index (Phi) is 7.05. The summed E-state index contributed by atoms with van der Waals surface area (Å²) in [5.74, 6) is 0.683. The van der Waals surface area contributed by atoms with Crippen LogP contribution < -0.4 is 0 Å². The molecule has 0 aliphatic heterocycles. The summed E-state index contributed by atoms with van der Waals surface area (Å²) >= 11 is 0. The van der Waals surface area contributed by atoms with Crippen LogP contribution in [-0.2, 0) is 8.85 Å². The number of rotatable bonds is 7. The van der Waals surface area contributed by atoms with Gasteiger partial charge in [-0.25, -0.2) is 0 Å². The molecule has 0 spiro atoms. The first-order valence-corrected chi connectivity index (χ1v) is 8.06. The van der Waals surface area contributed by atoms with Crippen LogP contribution in [0, 0.1) is 5.92 Å². The third-order valence-electron chi connectivity index (χ3n) is 2.51. The van der Waals surface area contributed by atoms with Crippen molar-refractivity contribution in [3.05, 3.63) is 0 Å². The van der Waals surface area contributed by atoms with Crippen molar-refractivity contribution in [2.75, 3.05) is 20.8 Å². The van der Waals surface area contributed by atoms with Crippen molar-refractivity contribution in [3.8, 4) is 0 Å². The minimum atomic E-state index is -1.91. The summed E-state index contributed by atoms with van der Waals surface area (Å²) in [6.07, 6.45) is 1.08. The van der Waals surface area contributed by atoms with Gasteiger partial charge in [0, 0.05) is 32.5 Å². The normalized spacial score (nSPS) is 13.7. The second-order valence-electron chi connectivity index (χ2n) is 4.51. The fraction of sp³-hybridized carbons (Fsp3) is 0.909. The molecule has 0 atom stereocenters. The summed E-state index contributed by atoms with van der Waals surface area (Å²) in [7, 11) is 1.53. The maximum atomic E-state index is 5.40. The van der Waals surface area contributed by atoms with Crippen molar-refractivity contribution in [2.45, 2.75) is 39.8 Å². The Bertz CT molecular complexity index is 201. The standard InChI is InChI=1S/C11H25NO2Si/c1-10(2)9-11(3)12-7-8-15(6,13-4)14-5/h10H,7-9H2,1-6H3. The first kappa shape index (κ1) is 14.8. The molecular formula is C11H25NO2Si. The summed E-state index contributed by atoms with van der Waals surface area (Å²) in [5.41, 5.74) is 1.23. The number of hydrogen-bond acceptors (Lipinski definition) is 3. The molecule has 0 aromatic carbocycles. The van der Waals surface area contributed by atoms with Crippen molar-refractivity contribution in [2.24, 2.45) is 10.9 Å². The van der Waals surface area contributed by atoms with E-state index in [-0.39, 0.29) is 0 Å². The van der Waals surface area contributed by atoms with Gasteiger partial charge in [-0.2, -0.15) is 0 Å². The molecule has 0 N–H and O–H groups in total. The van der Waals surface area contributed by atoms with E-state index in [1.165, 1.54) is 5.71 Å². The van der Waals surface area contributed by atoms with Crippen LogP contribution in [0.1, 0.15) is 27.2 Å². The molecule has 4 heteroatoms. The molecule has 0 fully saturated rings. The van der Waals surface area contributed by atoms with Crippen LogP contribution in [0.4, 0.5) is 0 Å². The van der Waals surface area contributed by atoms with E-state index < -0.39 is 8.56 Å². The van der Waals surface area contributed by atoms with Crippen LogP contribution in [0.2, 0.25) is 12.6 Å². The van der Waals surface area contributed by atoms with Gasteiger partial charge in [0.25, 0.3) is 0 Å². The van der Waals surface area contributed by atoms with Gasteiger partial charge in [0.1, 0.15) is 0 Å². The van der Waals surface area contributed by atoms with Crippen molar-refractivity contribution in [3.63, 3.8) is 0 Å². The van der Waals surface area contributed by atoms with Crippen molar-refractivity contribution in [1.82, 2.24) is 0 Å². The van der Waals surface area contributed by atoms with E-state index in [0.717, 1.165) is 19.0 Å². The molecule has 15 heavy (non-hydrogen) atoms. The van der Waals surface area contributed by atoms with E-state index >= 15 is 0 Å². The predicted octanol–water partition coefficient (Wildman–Crippen LogP) is 2.86. The average Bonchev–Trinajstić information content (AvgIpc) is 2.16. The molecule has 0 aromatic heterocycles. The van der Waals surface area contributed by atoms with Gasteiger partial charge in [0.05, 0.1) is 0 Å². The zero-order valence-electron chi connectivity index (χ0n) is 11.0. The summed E-state index contributed by atoms with van der Waals surface area (Å²) in [6.45, 7) is 9.41. The molecule has 0 aliphatic carbocycles. The summed E-state index contributed by atoms with van der Waals surface area (Å²) in [4.78, 5) is 4.54. The molecule has 0 aromatic rings. The molecule has 0 unspecified atom stereocenters. The first-order valence-electron chi connectivity index (χ1n) is 5.53. The van der Waals surface area contributed by atoms with Crippen LogP contribution in [0.5, 0.6) is 0 Å². The Morgan fingerprint density at radius 1 is 1.27 bits per heavy atom. The predicted molar refractivity (Wildman–Crippen MR) is 67.9 cm³/mol. The molecule has 3 nitrogen and oxygen atoms in total. The van der Waals surface area contributed by atoms with E-state index in [0.29, 0.717) is 5.92 Å². The maximum absolute atomic E-state index is 5.40. The smallest absolute Gasteiger partial charge is 0.336 e. The molecule has 0 bridgehead atoms. The van der Waals surface area contributed by atoms with E-state index in [4.69, 9.17) is 8.85 Å². The fourth-order valence-electron chi connectivity index (χ4n) is 1.39. The monoisotopic (exact) mass is 231 g/mol. The minimum Gasteiger partial charge on any atom is -0.398 e. The molecule has 0 radical (unpaired) electrons. The fourth-order valence-corrected chi connectivity index (χ4v) is 2.49. The Morgan fingerprint density at radius 3 is 2.20 bits per heavy atom. The van der Waals surface area contributed by atoms with Gasteiger partial charge in [-0.05, 0) is 25.8 Å². The summed E-state index contributed by atoms with van der Waals surface area (Å²) < 4.78 is 10.8. The Hall–Kier alpha value is -0.193. The summed E-state index contributed by atoms with van der Waals surface area (Å²) in [6, 6.07) is 0.926. The lowest BCUT2D eigenvalue weighted by Gasteiger charge is -2.21. The first-order chi connectivity index (χ1) is 6.93. The van der Waals surface area contributed by atoms with Crippen molar-refractivity contribution >= 4 is 14.3 Å². The lowest BCUT2D eigenvalue weighted by Crippen LogP contribution is -2.36. The highest BCUT2D eigenvalue weighted by Crippen LogP contribution is 2.11. The Labute approximate surface area is 95.1 Å². The number of hydrogen-bond donors (Lipinski definition) is 0. The van der Waals surface area contributed by atoms with Crippen LogP contribution in [-0.4, -0.2) is 35.0 Å². The highest BCUT2D eigenvalue weighted by molar-refractivity contribution is 6.66. The van der Waals surface area contributed by atoms with Gasteiger partial charge < -0.3 is 8.85 Å². The van der Waals surface area contributed by atoms with E-state index in [9.17, 15) is 0 Å². The van der Waals surface area contributed by atoms with Gasteiger partial charge in [-0.15, -0.1) is 0 Å². The number of aliphatic imine (C=N–C) groups is 1. The van der Waals surface area contributed by atoms with E-state index in [2.05, 4.69) is 32.3 Å². The molecule has 0 aliphatic rings. The van der Waals surface area contributed by atoms with Crippen molar-refractivity contribution in [1.29, 1.82) is 0 Å². The third kappa shape index (κ3) is 6.81. The maximum Gasteiger partial charge on any atom is 0.336 e. The molecule has 0 saturated carbocycles. The Morgan fingerprint density at radius 2 is 1.80 bits per heavy atom. The quantitative estimate of drug-likeness (QED) is 0.498. The van der Waals surface area contributed by atoms with Crippen LogP contribution in [0.3, 0.4) is 0 Å². The summed E-state index contributed by atoms with van der Waals surface area (Å²) in [5, 5.41) is 0. The highest BCUT2D eigenvalue weighted by atomic mass is 28.4. The second kappa shape index (κ2) is 7.14. The van der Waals surface area contributed by atoms with Crippen molar-refractivity contribution < 1.29 is 8.85 Å². The SMILES string of the molecule is CO[Si](C)(CCN=C(C)CC(C)C)OC. The van der Waals surface area contributed by atoms with Crippen LogP contribution in [0.15, 0.2) is 4.99 Å². The zero-order chi connectivity index (χ0) is 11.9. The number of nitrogens with zero attached hydrogens (tertiary/aromatic N) is 1. The molecule has 0 saturated heterocycles. The van der Waals surface area contributed by atoms with Crippen LogP contribution >= 0.6 is 0 Å². The highest BCUT2D eigenvalue weighted by Gasteiger charge is 2.27. The molecule has 0 rings (SSSR count). The van der Waals surface area contributed by atoms with Gasteiger partial charge in [-0.1, -0.05) is 13.8 Å². The average molecular weight is 231 g/mol. The largest absolute Gasteiger partial charge is 0.398 e. The second-order valence-corrected chi connectivity index (χ2v) is 8.09. The topological polar surface area (TPSA) is 30.8 Å². The lowest BCUT2D eigenvalue weighted by atomic mass is 10.1. The van der Waals surface area contributed by atoms with Gasteiger partial charge >= 0.3 is 8.56 Å². The van der Waals surface area contributed by atoms with E-state index in [1.54, 1.807) is 14.2 Å². The van der Waals surface area contributed by atoms with Gasteiger partial charge in [0.2, 0.25) is 0 Å². The zero-order valence-corrected chi connectivity index (χ0v) is 12.0. The third-order valence-corrected chi connectivity index (χ3v) is 5.37.